The van der Waals surface area contributed by atoms with E-state index in [-0.39, 0.29) is 11.7 Å². The standard InChI is InChI=1S/C15H20BrNO2/c1-11-10-13(18)6-7-14(11)15(19)17(9-8-16)12-4-2-3-5-12/h6-7,10,12,18H,2-5,8-9H2,1H3. The normalized spacial score (nSPS) is 15.7. The Hall–Kier alpha value is -1.03. The largest absolute Gasteiger partial charge is 0.508 e. The van der Waals surface area contributed by atoms with Crippen LogP contribution in [0.1, 0.15) is 41.6 Å². The van der Waals surface area contributed by atoms with Crippen molar-refractivity contribution >= 4 is 21.8 Å². The molecule has 0 aliphatic heterocycles. The number of alkyl halides is 1. The molecule has 104 valence electrons. The number of amides is 1. The number of carbonyl (C=O) groups is 1. The smallest absolute Gasteiger partial charge is 0.254 e. The van der Waals surface area contributed by atoms with Crippen molar-refractivity contribution in [3.05, 3.63) is 29.3 Å². The molecule has 1 aliphatic rings. The van der Waals surface area contributed by atoms with Crippen LogP contribution in [-0.4, -0.2) is 33.8 Å². The molecule has 1 aromatic carbocycles. The molecule has 0 spiro atoms. The number of hydrogen-bond donors (Lipinski definition) is 1. The average Bonchev–Trinajstić information content (AvgIpc) is 2.89. The van der Waals surface area contributed by atoms with Gasteiger partial charge in [-0.15, -0.1) is 0 Å². The quantitative estimate of drug-likeness (QED) is 0.861. The topological polar surface area (TPSA) is 40.5 Å². The molecular formula is C15H20BrNO2. The third kappa shape index (κ3) is 3.30. The van der Waals surface area contributed by atoms with Crippen LogP contribution >= 0.6 is 15.9 Å². The Morgan fingerprint density at radius 1 is 1.42 bits per heavy atom. The van der Waals surface area contributed by atoms with Crippen LogP contribution < -0.4 is 0 Å². The molecule has 0 atom stereocenters. The molecule has 0 saturated heterocycles. The molecule has 1 N–H and O–H groups in total. The second-order valence-corrected chi connectivity index (χ2v) is 5.92. The maximum absolute atomic E-state index is 12.7. The second kappa shape index (κ2) is 6.42. The van der Waals surface area contributed by atoms with E-state index < -0.39 is 0 Å². The minimum atomic E-state index is 0.0869. The zero-order chi connectivity index (χ0) is 13.8. The van der Waals surface area contributed by atoms with Crippen LogP contribution in [0, 0.1) is 6.92 Å². The molecule has 2 rings (SSSR count). The van der Waals surface area contributed by atoms with Crippen LogP contribution in [0.2, 0.25) is 0 Å². The molecule has 19 heavy (non-hydrogen) atoms. The highest BCUT2D eigenvalue weighted by atomic mass is 79.9. The third-order valence-corrected chi connectivity index (χ3v) is 4.15. The summed E-state index contributed by atoms with van der Waals surface area (Å²) in [6.45, 7) is 2.61. The number of phenols is 1. The zero-order valence-electron chi connectivity index (χ0n) is 11.2. The first-order valence-corrected chi connectivity index (χ1v) is 7.92. The molecule has 0 heterocycles. The zero-order valence-corrected chi connectivity index (χ0v) is 12.8. The minimum absolute atomic E-state index is 0.0869. The summed E-state index contributed by atoms with van der Waals surface area (Å²) in [7, 11) is 0. The van der Waals surface area contributed by atoms with Gasteiger partial charge in [-0.3, -0.25) is 4.79 Å². The third-order valence-electron chi connectivity index (χ3n) is 3.79. The summed E-state index contributed by atoms with van der Waals surface area (Å²) in [5.74, 6) is 0.297. The number of aryl methyl sites for hydroxylation is 1. The van der Waals surface area contributed by atoms with E-state index in [0.29, 0.717) is 11.6 Å². The van der Waals surface area contributed by atoms with E-state index in [2.05, 4.69) is 15.9 Å². The predicted molar refractivity (Wildman–Crippen MR) is 79.9 cm³/mol. The number of phenolic OH excluding ortho intramolecular Hbond substituents is 1. The van der Waals surface area contributed by atoms with E-state index in [1.807, 2.05) is 11.8 Å². The van der Waals surface area contributed by atoms with E-state index in [1.54, 1.807) is 18.2 Å². The summed E-state index contributed by atoms with van der Waals surface area (Å²) >= 11 is 3.43. The maximum atomic E-state index is 12.7. The van der Waals surface area contributed by atoms with Gasteiger partial charge in [-0.25, -0.2) is 0 Å². The van der Waals surface area contributed by atoms with Crippen molar-refractivity contribution in [2.75, 3.05) is 11.9 Å². The molecule has 1 fully saturated rings. The van der Waals surface area contributed by atoms with E-state index >= 15 is 0 Å². The lowest BCUT2D eigenvalue weighted by atomic mass is 10.1. The summed E-state index contributed by atoms with van der Waals surface area (Å²) in [6.07, 6.45) is 4.64. The highest BCUT2D eigenvalue weighted by Crippen LogP contribution is 2.26. The number of hydrogen-bond acceptors (Lipinski definition) is 2. The lowest BCUT2D eigenvalue weighted by Gasteiger charge is -2.29. The summed E-state index contributed by atoms with van der Waals surface area (Å²) in [5, 5.41) is 10.2. The Balaban J connectivity index is 2.22. The number of halogens is 1. The van der Waals surface area contributed by atoms with Gasteiger partial charge in [0.1, 0.15) is 5.75 Å². The monoisotopic (exact) mass is 325 g/mol. The average molecular weight is 326 g/mol. The Labute approximate surface area is 122 Å². The number of rotatable bonds is 4. The Bertz CT molecular complexity index is 455. The fourth-order valence-corrected chi connectivity index (χ4v) is 3.18. The molecule has 4 heteroatoms. The van der Waals surface area contributed by atoms with Gasteiger partial charge >= 0.3 is 0 Å². The number of benzene rings is 1. The highest BCUT2D eigenvalue weighted by Gasteiger charge is 2.27. The fourth-order valence-electron chi connectivity index (χ4n) is 2.80. The van der Waals surface area contributed by atoms with E-state index in [9.17, 15) is 9.90 Å². The van der Waals surface area contributed by atoms with Gasteiger partial charge in [-0.1, -0.05) is 28.8 Å². The SMILES string of the molecule is Cc1cc(O)ccc1C(=O)N(CCBr)C1CCCC1. The van der Waals surface area contributed by atoms with Crippen LogP contribution in [0.25, 0.3) is 0 Å². The van der Waals surface area contributed by atoms with Crippen molar-refractivity contribution in [2.24, 2.45) is 0 Å². The first-order valence-electron chi connectivity index (χ1n) is 6.80. The van der Waals surface area contributed by atoms with E-state index in [1.165, 1.54) is 12.8 Å². The van der Waals surface area contributed by atoms with Gasteiger partial charge in [-0.2, -0.15) is 0 Å². The van der Waals surface area contributed by atoms with Crippen LogP contribution in [-0.2, 0) is 0 Å². The Morgan fingerprint density at radius 3 is 2.68 bits per heavy atom. The molecule has 0 radical (unpaired) electrons. The minimum Gasteiger partial charge on any atom is -0.508 e. The van der Waals surface area contributed by atoms with Gasteiger partial charge in [0.15, 0.2) is 0 Å². The van der Waals surface area contributed by atoms with Gasteiger partial charge in [0, 0.05) is 23.5 Å². The second-order valence-electron chi connectivity index (χ2n) is 5.13. The van der Waals surface area contributed by atoms with Crippen LogP contribution in [0.5, 0.6) is 5.75 Å². The van der Waals surface area contributed by atoms with E-state index in [0.717, 1.165) is 30.3 Å². The lowest BCUT2D eigenvalue weighted by Crippen LogP contribution is -2.40. The predicted octanol–water partition coefficient (Wildman–Crippen LogP) is 3.48. The van der Waals surface area contributed by atoms with Crippen molar-refractivity contribution in [1.82, 2.24) is 4.90 Å². The highest BCUT2D eigenvalue weighted by molar-refractivity contribution is 9.09. The van der Waals surface area contributed by atoms with Gasteiger partial charge in [0.05, 0.1) is 0 Å². The van der Waals surface area contributed by atoms with Crippen LogP contribution in [0.3, 0.4) is 0 Å². The molecule has 0 aromatic heterocycles. The molecule has 1 aromatic rings. The van der Waals surface area contributed by atoms with Crippen molar-refractivity contribution in [2.45, 2.75) is 38.6 Å². The summed E-state index contributed by atoms with van der Waals surface area (Å²) in [6, 6.07) is 5.33. The molecule has 0 unspecified atom stereocenters. The van der Waals surface area contributed by atoms with Crippen LogP contribution in [0.4, 0.5) is 0 Å². The van der Waals surface area contributed by atoms with Gasteiger partial charge < -0.3 is 10.0 Å². The molecule has 1 saturated carbocycles. The first-order chi connectivity index (χ1) is 9.13. The maximum Gasteiger partial charge on any atom is 0.254 e. The first kappa shape index (κ1) is 14.4. The van der Waals surface area contributed by atoms with Crippen LogP contribution in [0.15, 0.2) is 18.2 Å². The summed E-state index contributed by atoms with van der Waals surface area (Å²) in [4.78, 5) is 14.7. The Kier molecular flexibility index (Phi) is 4.86. The van der Waals surface area contributed by atoms with Gasteiger partial charge in [0.2, 0.25) is 0 Å². The lowest BCUT2D eigenvalue weighted by molar-refractivity contribution is 0.0695. The summed E-state index contributed by atoms with van der Waals surface area (Å²) in [5.41, 5.74) is 1.54. The summed E-state index contributed by atoms with van der Waals surface area (Å²) < 4.78 is 0. The number of aromatic hydroxyl groups is 1. The number of nitrogens with zero attached hydrogens (tertiary/aromatic N) is 1. The fraction of sp³-hybridized carbons (Fsp3) is 0.533. The van der Waals surface area contributed by atoms with Crippen molar-refractivity contribution in [3.63, 3.8) is 0 Å². The molecular weight excluding hydrogens is 306 g/mol. The Morgan fingerprint density at radius 2 is 2.11 bits per heavy atom. The van der Waals surface area contributed by atoms with Gasteiger partial charge in [0.25, 0.3) is 5.91 Å². The van der Waals surface area contributed by atoms with Crippen molar-refractivity contribution in [1.29, 1.82) is 0 Å². The number of carbonyl (C=O) groups excluding carboxylic acids is 1. The van der Waals surface area contributed by atoms with Crippen molar-refractivity contribution in [3.8, 4) is 5.75 Å². The van der Waals surface area contributed by atoms with Gasteiger partial charge in [-0.05, 0) is 43.5 Å². The van der Waals surface area contributed by atoms with E-state index in [4.69, 9.17) is 0 Å². The molecule has 1 amide bonds. The van der Waals surface area contributed by atoms with Crippen molar-refractivity contribution < 1.29 is 9.90 Å². The molecule has 1 aliphatic carbocycles. The molecule has 0 bridgehead atoms. The molecule has 3 nitrogen and oxygen atoms in total.